The van der Waals surface area contributed by atoms with Crippen LogP contribution in [0.2, 0.25) is 0 Å². The minimum Gasteiger partial charge on any atom is -0.482 e. The Morgan fingerprint density at radius 3 is 2.88 bits per heavy atom. The fourth-order valence-electron chi connectivity index (χ4n) is 2.28. The van der Waals surface area contributed by atoms with Gasteiger partial charge in [-0.1, -0.05) is 12.1 Å². The Morgan fingerprint density at radius 1 is 1.29 bits per heavy atom. The van der Waals surface area contributed by atoms with E-state index in [1.807, 2.05) is 6.07 Å². The lowest BCUT2D eigenvalue weighted by Gasteiger charge is -2.18. The van der Waals surface area contributed by atoms with Crippen LogP contribution < -0.4 is 15.5 Å². The summed E-state index contributed by atoms with van der Waals surface area (Å²) in [5.74, 6) is -0.627. The summed E-state index contributed by atoms with van der Waals surface area (Å²) in [5.41, 5.74) is 5.31. The number of hydrazone groups is 1. The Bertz CT molecular complexity index is 845. The molecule has 0 atom stereocenters. The zero-order valence-electron chi connectivity index (χ0n) is 12.9. The molecule has 1 heterocycles. The molecule has 0 spiro atoms. The van der Waals surface area contributed by atoms with Crippen molar-refractivity contribution in [3.63, 3.8) is 0 Å². The predicted octanol–water partition coefficient (Wildman–Crippen LogP) is 2.55. The van der Waals surface area contributed by atoms with E-state index < -0.39 is 5.97 Å². The molecule has 0 aliphatic carbocycles. The van der Waals surface area contributed by atoms with Crippen LogP contribution in [0.1, 0.15) is 22.8 Å². The largest absolute Gasteiger partial charge is 0.482 e. The average Bonchev–Trinajstić information content (AvgIpc) is 2.59. The summed E-state index contributed by atoms with van der Waals surface area (Å²) in [6, 6.07) is 11.9. The molecule has 122 valence electrons. The summed E-state index contributed by atoms with van der Waals surface area (Å²) in [6.07, 6.45) is 0. The molecule has 3 rings (SSSR count). The number of rotatable bonds is 4. The maximum absolute atomic E-state index is 11.4. The summed E-state index contributed by atoms with van der Waals surface area (Å²) in [7, 11) is 0. The predicted molar refractivity (Wildman–Crippen MR) is 89.8 cm³/mol. The van der Waals surface area contributed by atoms with Crippen LogP contribution in [-0.4, -0.2) is 29.3 Å². The van der Waals surface area contributed by atoms with Crippen molar-refractivity contribution in [2.75, 3.05) is 17.3 Å². The summed E-state index contributed by atoms with van der Waals surface area (Å²) in [6.45, 7) is 1.79. The lowest BCUT2D eigenvalue weighted by Crippen LogP contribution is -2.25. The Balaban J connectivity index is 1.83. The van der Waals surface area contributed by atoms with E-state index in [0.717, 1.165) is 5.56 Å². The number of carbonyl (C=O) groups is 2. The molecule has 2 aromatic carbocycles. The van der Waals surface area contributed by atoms with E-state index in [1.165, 1.54) is 6.07 Å². The lowest BCUT2D eigenvalue weighted by molar-refractivity contribution is -0.118. The van der Waals surface area contributed by atoms with Crippen LogP contribution in [0.3, 0.4) is 0 Å². The fraction of sp³-hybridized carbons (Fsp3) is 0.118. The van der Waals surface area contributed by atoms with Crippen molar-refractivity contribution in [2.24, 2.45) is 5.10 Å². The molecule has 0 bridgehead atoms. The first-order valence-corrected chi connectivity index (χ1v) is 7.24. The highest BCUT2D eigenvalue weighted by molar-refractivity contribution is 6.03. The second-order valence-electron chi connectivity index (χ2n) is 5.21. The quantitative estimate of drug-likeness (QED) is 0.592. The first kappa shape index (κ1) is 15.5. The highest BCUT2D eigenvalue weighted by atomic mass is 16.5. The number of carbonyl (C=O) groups excluding carboxylic acids is 1. The van der Waals surface area contributed by atoms with Crippen molar-refractivity contribution in [2.45, 2.75) is 6.92 Å². The number of para-hydroxylation sites is 1. The molecule has 0 saturated heterocycles. The third kappa shape index (κ3) is 3.19. The van der Waals surface area contributed by atoms with Gasteiger partial charge in [0.25, 0.3) is 5.91 Å². The van der Waals surface area contributed by atoms with E-state index in [0.29, 0.717) is 22.8 Å². The van der Waals surface area contributed by atoms with E-state index in [2.05, 4.69) is 15.8 Å². The Labute approximate surface area is 138 Å². The number of aromatic carboxylic acids is 1. The molecule has 0 aromatic heterocycles. The number of ether oxygens (including phenoxy) is 1. The zero-order chi connectivity index (χ0) is 17.1. The normalized spacial score (nSPS) is 13.5. The third-order valence-electron chi connectivity index (χ3n) is 3.53. The number of carboxylic acids is 1. The monoisotopic (exact) mass is 325 g/mol. The Hall–Kier alpha value is -3.35. The van der Waals surface area contributed by atoms with Gasteiger partial charge in [0.1, 0.15) is 5.75 Å². The number of fused-ring (bicyclic) bond motifs is 1. The molecule has 7 nitrogen and oxygen atoms in total. The van der Waals surface area contributed by atoms with Crippen LogP contribution in [-0.2, 0) is 4.79 Å². The first-order valence-electron chi connectivity index (χ1n) is 7.24. The van der Waals surface area contributed by atoms with Crippen LogP contribution >= 0.6 is 0 Å². The SMILES string of the molecule is C/C(=N\Nc1ccccc1C(=O)O)c1ccc2c(c1)NC(=O)CO2. The highest BCUT2D eigenvalue weighted by Crippen LogP contribution is 2.28. The van der Waals surface area contributed by atoms with Crippen LogP contribution in [0.15, 0.2) is 47.6 Å². The van der Waals surface area contributed by atoms with Gasteiger partial charge in [0.15, 0.2) is 6.61 Å². The molecule has 2 aromatic rings. The molecule has 1 aliphatic heterocycles. The van der Waals surface area contributed by atoms with Crippen LogP contribution in [0, 0.1) is 0 Å². The molecule has 1 aliphatic rings. The number of anilines is 2. The van der Waals surface area contributed by atoms with Gasteiger partial charge in [0.2, 0.25) is 0 Å². The van der Waals surface area contributed by atoms with Gasteiger partial charge in [-0.15, -0.1) is 0 Å². The van der Waals surface area contributed by atoms with Gasteiger partial charge in [-0.05, 0) is 42.8 Å². The number of nitrogens with zero attached hydrogens (tertiary/aromatic N) is 1. The van der Waals surface area contributed by atoms with Crippen molar-refractivity contribution >= 4 is 29.0 Å². The van der Waals surface area contributed by atoms with Crippen LogP contribution in [0.25, 0.3) is 0 Å². The van der Waals surface area contributed by atoms with Gasteiger partial charge in [-0.3, -0.25) is 10.2 Å². The molecular weight excluding hydrogens is 310 g/mol. The maximum Gasteiger partial charge on any atom is 0.337 e. The summed E-state index contributed by atoms with van der Waals surface area (Å²) < 4.78 is 5.31. The molecular formula is C17H15N3O4. The minimum atomic E-state index is -1.03. The molecule has 0 unspecified atom stereocenters. The standard InChI is InChI=1S/C17H15N3O4/c1-10(19-20-13-5-3-2-4-12(13)17(22)23)11-6-7-15-14(8-11)18-16(21)9-24-15/h2-8,20H,9H2,1H3,(H,18,21)(H,22,23)/b19-10+. The third-order valence-corrected chi connectivity index (χ3v) is 3.53. The van der Waals surface area contributed by atoms with Crippen molar-refractivity contribution in [3.8, 4) is 5.75 Å². The molecule has 24 heavy (non-hydrogen) atoms. The first-order chi connectivity index (χ1) is 11.5. The zero-order valence-corrected chi connectivity index (χ0v) is 12.9. The number of hydrogen-bond acceptors (Lipinski definition) is 5. The fourth-order valence-corrected chi connectivity index (χ4v) is 2.28. The second-order valence-corrected chi connectivity index (χ2v) is 5.21. The number of hydrogen-bond donors (Lipinski definition) is 3. The van der Waals surface area contributed by atoms with E-state index in [1.54, 1.807) is 37.3 Å². The van der Waals surface area contributed by atoms with Gasteiger partial charge < -0.3 is 15.2 Å². The molecule has 0 saturated carbocycles. The molecule has 3 N–H and O–H groups in total. The summed E-state index contributed by atoms with van der Waals surface area (Å²) >= 11 is 0. The number of amides is 1. The van der Waals surface area contributed by atoms with Crippen LogP contribution in [0.5, 0.6) is 5.75 Å². The number of benzene rings is 2. The van der Waals surface area contributed by atoms with E-state index >= 15 is 0 Å². The highest BCUT2D eigenvalue weighted by Gasteiger charge is 2.16. The maximum atomic E-state index is 11.4. The minimum absolute atomic E-state index is 0.00689. The van der Waals surface area contributed by atoms with E-state index in [9.17, 15) is 9.59 Å². The van der Waals surface area contributed by atoms with Gasteiger partial charge in [0.05, 0.1) is 22.6 Å². The Morgan fingerprint density at radius 2 is 2.08 bits per heavy atom. The van der Waals surface area contributed by atoms with Gasteiger partial charge >= 0.3 is 5.97 Å². The summed E-state index contributed by atoms with van der Waals surface area (Å²) in [4.78, 5) is 22.6. The molecule has 0 radical (unpaired) electrons. The number of carboxylic acid groups (broad SMARTS) is 1. The van der Waals surface area contributed by atoms with Crippen molar-refractivity contribution in [1.29, 1.82) is 0 Å². The smallest absolute Gasteiger partial charge is 0.337 e. The topological polar surface area (TPSA) is 100 Å². The van der Waals surface area contributed by atoms with Crippen molar-refractivity contribution in [3.05, 3.63) is 53.6 Å². The molecule has 7 heteroatoms. The average molecular weight is 325 g/mol. The van der Waals surface area contributed by atoms with E-state index in [-0.39, 0.29) is 18.1 Å². The molecule has 0 fully saturated rings. The second kappa shape index (κ2) is 6.41. The summed E-state index contributed by atoms with van der Waals surface area (Å²) in [5, 5.41) is 16.1. The van der Waals surface area contributed by atoms with Gasteiger partial charge in [0, 0.05) is 0 Å². The van der Waals surface area contributed by atoms with Gasteiger partial charge in [-0.25, -0.2) is 4.79 Å². The van der Waals surface area contributed by atoms with Gasteiger partial charge in [-0.2, -0.15) is 5.10 Å². The van der Waals surface area contributed by atoms with Crippen molar-refractivity contribution < 1.29 is 19.4 Å². The van der Waals surface area contributed by atoms with Crippen molar-refractivity contribution in [1.82, 2.24) is 0 Å². The lowest BCUT2D eigenvalue weighted by atomic mass is 10.1. The Kier molecular flexibility index (Phi) is 4.15. The van der Waals surface area contributed by atoms with E-state index in [4.69, 9.17) is 9.84 Å². The number of nitrogens with one attached hydrogen (secondary N) is 2. The molecule has 1 amide bonds. The van der Waals surface area contributed by atoms with Crippen LogP contribution in [0.4, 0.5) is 11.4 Å².